The fourth-order valence-corrected chi connectivity index (χ4v) is 1.63. The van der Waals surface area contributed by atoms with Crippen molar-refractivity contribution in [3.63, 3.8) is 0 Å². The molecule has 0 saturated carbocycles. The van der Waals surface area contributed by atoms with Crippen LogP contribution in [0.1, 0.15) is 5.56 Å². The van der Waals surface area contributed by atoms with Crippen molar-refractivity contribution in [2.24, 2.45) is 0 Å². The van der Waals surface area contributed by atoms with Crippen molar-refractivity contribution in [3.05, 3.63) is 71.9 Å². The van der Waals surface area contributed by atoms with Crippen LogP contribution in [0, 0.1) is 17.1 Å². The van der Waals surface area contributed by atoms with Crippen LogP contribution >= 0.6 is 0 Å². The Bertz CT molecular complexity index is 705. The van der Waals surface area contributed by atoms with Gasteiger partial charge in [0.1, 0.15) is 17.5 Å². The molecule has 0 aliphatic heterocycles. The standard InChI is InChI=1S/C16H13FN4O/c17-14-3-5-15(6-4-14)20-11-13(8-18)16(22)21-10-12-2-1-7-19-9-12/h1-7,9,11,20H,10H2,(H,21,22)/b13-11-. The number of carbonyl (C=O) groups excluding carboxylic acids is 1. The Morgan fingerprint density at radius 3 is 2.73 bits per heavy atom. The Morgan fingerprint density at radius 2 is 2.09 bits per heavy atom. The van der Waals surface area contributed by atoms with E-state index >= 15 is 0 Å². The van der Waals surface area contributed by atoms with Crippen LogP contribution < -0.4 is 10.6 Å². The van der Waals surface area contributed by atoms with Gasteiger partial charge in [-0.2, -0.15) is 5.26 Å². The molecular formula is C16H13FN4O. The molecule has 22 heavy (non-hydrogen) atoms. The van der Waals surface area contributed by atoms with Crippen LogP contribution in [0.2, 0.25) is 0 Å². The molecule has 0 radical (unpaired) electrons. The van der Waals surface area contributed by atoms with Crippen LogP contribution in [-0.2, 0) is 11.3 Å². The molecule has 0 aliphatic rings. The number of nitrogens with one attached hydrogen (secondary N) is 2. The Kier molecular flexibility index (Phi) is 5.21. The first kappa shape index (κ1) is 15.2. The Labute approximate surface area is 127 Å². The number of carbonyl (C=O) groups is 1. The summed E-state index contributed by atoms with van der Waals surface area (Å²) in [6.45, 7) is 0.280. The zero-order valence-corrected chi connectivity index (χ0v) is 11.6. The maximum Gasteiger partial charge on any atom is 0.263 e. The summed E-state index contributed by atoms with van der Waals surface area (Å²) in [5.41, 5.74) is 1.34. The monoisotopic (exact) mass is 296 g/mol. The smallest absolute Gasteiger partial charge is 0.263 e. The van der Waals surface area contributed by atoms with Gasteiger partial charge in [-0.05, 0) is 35.9 Å². The number of halogens is 1. The van der Waals surface area contributed by atoms with E-state index in [1.807, 2.05) is 12.1 Å². The number of pyridine rings is 1. The number of nitriles is 1. The summed E-state index contributed by atoms with van der Waals surface area (Å²) in [6.07, 6.45) is 4.55. The van der Waals surface area contributed by atoms with Crippen LogP contribution in [-0.4, -0.2) is 10.9 Å². The van der Waals surface area contributed by atoms with E-state index in [4.69, 9.17) is 5.26 Å². The number of hydrogen-bond acceptors (Lipinski definition) is 4. The first-order valence-corrected chi connectivity index (χ1v) is 6.48. The van der Waals surface area contributed by atoms with Gasteiger partial charge in [-0.25, -0.2) is 4.39 Å². The molecule has 2 N–H and O–H groups in total. The van der Waals surface area contributed by atoms with Gasteiger partial charge in [0.2, 0.25) is 0 Å². The number of anilines is 1. The molecule has 0 saturated heterocycles. The first-order valence-electron chi connectivity index (χ1n) is 6.48. The topological polar surface area (TPSA) is 77.8 Å². The third-order valence-electron chi connectivity index (χ3n) is 2.77. The largest absolute Gasteiger partial charge is 0.360 e. The minimum atomic E-state index is -0.499. The summed E-state index contributed by atoms with van der Waals surface area (Å²) in [6, 6.07) is 11.0. The van der Waals surface area contributed by atoms with Crippen molar-refractivity contribution in [1.82, 2.24) is 10.3 Å². The predicted molar refractivity (Wildman–Crippen MR) is 79.8 cm³/mol. The lowest BCUT2D eigenvalue weighted by atomic mass is 10.2. The highest BCUT2D eigenvalue weighted by Crippen LogP contribution is 2.09. The minimum absolute atomic E-state index is 0.0757. The van der Waals surface area contributed by atoms with Gasteiger partial charge in [-0.3, -0.25) is 9.78 Å². The average Bonchev–Trinajstić information content (AvgIpc) is 2.56. The molecule has 1 aromatic heterocycles. The Morgan fingerprint density at radius 1 is 1.32 bits per heavy atom. The van der Waals surface area contributed by atoms with Crippen molar-refractivity contribution >= 4 is 11.6 Å². The van der Waals surface area contributed by atoms with E-state index in [2.05, 4.69) is 15.6 Å². The molecule has 1 amide bonds. The molecule has 0 spiro atoms. The summed E-state index contributed by atoms with van der Waals surface area (Å²) < 4.78 is 12.8. The van der Waals surface area contributed by atoms with Crippen molar-refractivity contribution in [2.45, 2.75) is 6.54 Å². The maximum absolute atomic E-state index is 12.8. The molecule has 0 atom stereocenters. The summed E-state index contributed by atoms with van der Waals surface area (Å²) in [5.74, 6) is -0.856. The minimum Gasteiger partial charge on any atom is -0.360 e. The molecule has 5 nitrogen and oxygen atoms in total. The SMILES string of the molecule is N#C/C(=C/Nc1ccc(F)cc1)C(=O)NCc1cccnc1. The van der Waals surface area contributed by atoms with E-state index < -0.39 is 5.91 Å². The molecule has 1 heterocycles. The molecule has 0 bridgehead atoms. The third-order valence-corrected chi connectivity index (χ3v) is 2.77. The van der Waals surface area contributed by atoms with Gasteiger partial charge in [-0.1, -0.05) is 6.07 Å². The number of amides is 1. The summed E-state index contributed by atoms with van der Waals surface area (Å²) >= 11 is 0. The van der Waals surface area contributed by atoms with Gasteiger partial charge in [0.05, 0.1) is 0 Å². The second-order valence-corrected chi connectivity index (χ2v) is 4.36. The third kappa shape index (κ3) is 4.42. The Balaban J connectivity index is 1.95. The quantitative estimate of drug-likeness (QED) is 0.656. The highest BCUT2D eigenvalue weighted by molar-refractivity contribution is 5.97. The molecule has 0 unspecified atom stereocenters. The molecule has 110 valence electrons. The number of aromatic nitrogens is 1. The molecular weight excluding hydrogens is 283 g/mol. The van der Waals surface area contributed by atoms with Crippen LogP contribution in [0.5, 0.6) is 0 Å². The lowest BCUT2D eigenvalue weighted by Gasteiger charge is -2.05. The first-order chi connectivity index (χ1) is 10.7. The predicted octanol–water partition coefficient (Wildman–Crippen LogP) is 2.36. The highest BCUT2D eigenvalue weighted by atomic mass is 19.1. The zero-order chi connectivity index (χ0) is 15.8. The number of rotatable bonds is 5. The van der Waals surface area contributed by atoms with E-state index in [9.17, 15) is 9.18 Å². The second kappa shape index (κ2) is 7.55. The summed E-state index contributed by atoms with van der Waals surface area (Å²) in [5, 5.41) is 14.4. The van der Waals surface area contributed by atoms with Crippen LogP contribution in [0.15, 0.2) is 60.6 Å². The lowest BCUT2D eigenvalue weighted by Crippen LogP contribution is -2.24. The van der Waals surface area contributed by atoms with Gasteiger partial charge in [0, 0.05) is 30.8 Å². The maximum atomic E-state index is 12.8. The van der Waals surface area contributed by atoms with Gasteiger partial charge in [-0.15, -0.1) is 0 Å². The molecule has 0 fully saturated rings. The normalized spacial score (nSPS) is 10.6. The van der Waals surface area contributed by atoms with Crippen molar-refractivity contribution < 1.29 is 9.18 Å². The summed E-state index contributed by atoms with van der Waals surface area (Å²) in [7, 11) is 0. The van der Waals surface area contributed by atoms with Crippen LogP contribution in [0.25, 0.3) is 0 Å². The molecule has 2 aromatic rings. The number of benzene rings is 1. The van der Waals surface area contributed by atoms with E-state index in [-0.39, 0.29) is 17.9 Å². The molecule has 6 heteroatoms. The molecule has 0 aliphatic carbocycles. The van der Waals surface area contributed by atoms with Gasteiger partial charge in [0.25, 0.3) is 5.91 Å². The van der Waals surface area contributed by atoms with E-state index in [0.717, 1.165) is 5.56 Å². The van der Waals surface area contributed by atoms with Crippen LogP contribution in [0.3, 0.4) is 0 Å². The molecule has 2 rings (SSSR count). The lowest BCUT2D eigenvalue weighted by molar-refractivity contribution is -0.117. The van der Waals surface area contributed by atoms with E-state index in [0.29, 0.717) is 5.69 Å². The van der Waals surface area contributed by atoms with Crippen molar-refractivity contribution in [1.29, 1.82) is 5.26 Å². The number of hydrogen-bond donors (Lipinski definition) is 2. The number of nitrogens with zero attached hydrogens (tertiary/aromatic N) is 2. The zero-order valence-electron chi connectivity index (χ0n) is 11.6. The fourth-order valence-electron chi connectivity index (χ4n) is 1.63. The van der Waals surface area contributed by atoms with Crippen molar-refractivity contribution in [3.8, 4) is 6.07 Å². The van der Waals surface area contributed by atoms with Crippen LogP contribution in [0.4, 0.5) is 10.1 Å². The van der Waals surface area contributed by atoms with E-state index in [1.165, 1.54) is 30.5 Å². The van der Waals surface area contributed by atoms with Gasteiger partial charge in [0.15, 0.2) is 0 Å². The Hall–Kier alpha value is -3.20. The second-order valence-electron chi connectivity index (χ2n) is 4.36. The van der Waals surface area contributed by atoms with E-state index in [1.54, 1.807) is 18.5 Å². The average molecular weight is 296 g/mol. The van der Waals surface area contributed by atoms with Gasteiger partial charge >= 0.3 is 0 Å². The highest BCUT2D eigenvalue weighted by Gasteiger charge is 2.08. The van der Waals surface area contributed by atoms with Crippen molar-refractivity contribution in [2.75, 3.05) is 5.32 Å². The molecule has 1 aromatic carbocycles. The fraction of sp³-hybridized carbons (Fsp3) is 0.0625. The summed E-state index contributed by atoms with van der Waals surface area (Å²) in [4.78, 5) is 15.8. The van der Waals surface area contributed by atoms with Gasteiger partial charge < -0.3 is 10.6 Å².